The molecule has 0 N–H and O–H groups in total. The van der Waals surface area contributed by atoms with Crippen LogP contribution in [-0.2, 0) is 0 Å². The molecular weight excluding hydrogens is 342 g/mol. The fourth-order valence-electron chi connectivity index (χ4n) is 4.13. The van der Waals surface area contributed by atoms with Gasteiger partial charge in [0.25, 0.3) is 0 Å². The van der Waals surface area contributed by atoms with Gasteiger partial charge in [0.05, 0.1) is 22.2 Å². The zero-order valence-corrected chi connectivity index (χ0v) is 15.2. The zero-order valence-electron chi connectivity index (χ0n) is 15.2. The van der Waals surface area contributed by atoms with Gasteiger partial charge in [-0.05, 0) is 24.3 Å². The van der Waals surface area contributed by atoms with Gasteiger partial charge in [-0.15, -0.1) is 0 Å². The summed E-state index contributed by atoms with van der Waals surface area (Å²) < 4.78 is 4.45. The lowest BCUT2D eigenvalue weighted by Gasteiger charge is -2.06. The minimum atomic E-state index is 0.909. The smallest absolute Gasteiger partial charge is 0.220 e. The molecule has 6 aromatic rings. The van der Waals surface area contributed by atoms with E-state index in [1.54, 1.807) is 0 Å². The first-order chi connectivity index (χ1) is 13.9. The van der Waals surface area contributed by atoms with Crippen LogP contribution in [0.3, 0.4) is 0 Å². The summed E-state index contributed by atoms with van der Waals surface area (Å²) in [5, 5.41) is 2.49. The predicted molar refractivity (Wildman–Crippen MR) is 115 cm³/mol. The highest BCUT2D eigenvalue weighted by Gasteiger charge is 2.18. The Morgan fingerprint density at radius 2 is 1.11 bits per heavy atom. The molecule has 0 bridgehead atoms. The van der Waals surface area contributed by atoms with E-state index in [-0.39, 0.29) is 0 Å². The molecule has 6 rings (SSSR count). The maximum absolute atomic E-state index is 5.13. The minimum Gasteiger partial charge on any atom is -0.285 e. The van der Waals surface area contributed by atoms with Gasteiger partial charge >= 0.3 is 0 Å². The standard InChI is InChI=1S/C25H17N3/c1-2-10-18(11-3-1)24-23-16-8-9-17-27(23)25(26-24)28-21-14-6-4-12-19(21)20-13-5-7-15-22(20)28/h1-17H. The second-order valence-electron chi connectivity index (χ2n) is 6.95. The van der Waals surface area contributed by atoms with Crippen LogP contribution in [0.2, 0.25) is 0 Å². The molecule has 0 saturated heterocycles. The number of imidazole rings is 1. The van der Waals surface area contributed by atoms with E-state index in [0.29, 0.717) is 0 Å². The highest BCUT2D eigenvalue weighted by molar-refractivity contribution is 6.09. The van der Waals surface area contributed by atoms with Crippen molar-refractivity contribution in [2.45, 2.75) is 0 Å². The van der Waals surface area contributed by atoms with Crippen LogP contribution in [0.5, 0.6) is 0 Å². The summed E-state index contributed by atoms with van der Waals surface area (Å²) in [7, 11) is 0. The molecule has 3 aromatic heterocycles. The van der Waals surface area contributed by atoms with Crippen LogP contribution in [0.15, 0.2) is 103 Å². The normalized spacial score (nSPS) is 11.6. The highest BCUT2D eigenvalue weighted by atomic mass is 15.2. The monoisotopic (exact) mass is 359 g/mol. The zero-order chi connectivity index (χ0) is 18.5. The van der Waals surface area contributed by atoms with Crippen molar-refractivity contribution in [3.63, 3.8) is 0 Å². The molecular formula is C25H17N3. The molecule has 0 fully saturated rings. The van der Waals surface area contributed by atoms with Crippen molar-refractivity contribution < 1.29 is 0 Å². The summed E-state index contributed by atoms with van der Waals surface area (Å²) in [5.41, 5.74) is 5.56. The Morgan fingerprint density at radius 1 is 0.536 bits per heavy atom. The SMILES string of the molecule is c1ccc(-c2nc(-n3c4ccccc4c4ccccc43)n3ccccc23)cc1. The van der Waals surface area contributed by atoms with Crippen LogP contribution in [0.25, 0.3) is 44.5 Å². The Labute approximate surface area is 162 Å². The molecule has 132 valence electrons. The summed E-state index contributed by atoms with van der Waals surface area (Å²) in [4.78, 5) is 5.13. The van der Waals surface area contributed by atoms with Crippen LogP contribution in [0.4, 0.5) is 0 Å². The van der Waals surface area contributed by atoms with Gasteiger partial charge in [-0.1, -0.05) is 72.8 Å². The first-order valence-electron chi connectivity index (χ1n) is 9.43. The van der Waals surface area contributed by atoms with Crippen molar-refractivity contribution in [2.24, 2.45) is 0 Å². The third kappa shape index (κ3) is 2.07. The second-order valence-corrected chi connectivity index (χ2v) is 6.95. The Bertz CT molecular complexity index is 1400. The second kappa shape index (κ2) is 5.83. The lowest BCUT2D eigenvalue weighted by molar-refractivity contribution is 0.983. The van der Waals surface area contributed by atoms with Crippen LogP contribution < -0.4 is 0 Å². The highest BCUT2D eigenvalue weighted by Crippen LogP contribution is 2.33. The number of para-hydroxylation sites is 2. The van der Waals surface area contributed by atoms with Crippen molar-refractivity contribution in [2.75, 3.05) is 0 Å². The molecule has 0 aliphatic carbocycles. The Balaban J connectivity index is 1.77. The van der Waals surface area contributed by atoms with Crippen molar-refractivity contribution in [1.82, 2.24) is 14.0 Å². The number of fused-ring (bicyclic) bond motifs is 4. The summed E-state index contributed by atoms with van der Waals surface area (Å²) in [6.45, 7) is 0. The van der Waals surface area contributed by atoms with Gasteiger partial charge in [0, 0.05) is 22.5 Å². The van der Waals surface area contributed by atoms with E-state index in [1.165, 1.54) is 21.8 Å². The number of aromatic nitrogens is 3. The van der Waals surface area contributed by atoms with Crippen molar-refractivity contribution >= 4 is 27.3 Å². The van der Waals surface area contributed by atoms with Crippen molar-refractivity contribution in [3.05, 3.63) is 103 Å². The Hall–Kier alpha value is -3.85. The molecule has 0 amide bonds. The van der Waals surface area contributed by atoms with Gasteiger partial charge in [0.1, 0.15) is 0 Å². The summed E-state index contributed by atoms with van der Waals surface area (Å²) in [6.07, 6.45) is 2.09. The molecule has 28 heavy (non-hydrogen) atoms. The van der Waals surface area contributed by atoms with Crippen LogP contribution in [0.1, 0.15) is 0 Å². The Morgan fingerprint density at radius 3 is 1.82 bits per heavy atom. The number of nitrogens with zero attached hydrogens (tertiary/aromatic N) is 3. The molecule has 3 heterocycles. The predicted octanol–water partition coefficient (Wildman–Crippen LogP) is 6.10. The molecule has 0 aliphatic rings. The molecule has 0 radical (unpaired) electrons. The van der Waals surface area contributed by atoms with Gasteiger partial charge < -0.3 is 0 Å². The van der Waals surface area contributed by atoms with E-state index >= 15 is 0 Å². The minimum absolute atomic E-state index is 0.909. The van der Waals surface area contributed by atoms with E-state index in [0.717, 1.165) is 22.7 Å². The number of hydrogen-bond acceptors (Lipinski definition) is 1. The van der Waals surface area contributed by atoms with Crippen LogP contribution >= 0.6 is 0 Å². The van der Waals surface area contributed by atoms with Gasteiger partial charge in [-0.3, -0.25) is 8.97 Å². The fraction of sp³-hybridized carbons (Fsp3) is 0. The largest absolute Gasteiger partial charge is 0.285 e. The molecule has 3 nitrogen and oxygen atoms in total. The van der Waals surface area contributed by atoms with Gasteiger partial charge in [-0.25, -0.2) is 4.98 Å². The van der Waals surface area contributed by atoms with Crippen molar-refractivity contribution in [3.8, 4) is 17.2 Å². The summed E-state index contributed by atoms with van der Waals surface area (Å²) in [5.74, 6) is 0.909. The number of benzene rings is 3. The van der Waals surface area contributed by atoms with Gasteiger partial charge in [0.15, 0.2) is 0 Å². The van der Waals surface area contributed by atoms with Crippen molar-refractivity contribution in [1.29, 1.82) is 0 Å². The summed E-state index contributed by atoms with van der Waals surface area (Å²) >= 11 is 0. The van der Waals surface area contributed by atoms with E-state index in [2.05, 4.69) is 106 Å². The molecule has 0 aliphatic heterocycles. The third-order valence-electron chi connectivity index (χ3n) is 5.36. The van der Waals surface area contributed by atoms with Crippen LogP contribution in [0, 0.1) is 0 Å². The quantitative estimate of drug-likeness (QED) is 0.366. The van der Waals surface area contributed by atoms with E-state index in [4.69, 9.17) is 4.98 Å². The van der Waals surface area contributed by atoms with Gasteiger partial charge in [0.2, 0.25) is 5.95 Å². The Kier molecular flexibility index (Phi) is 3.17. The molecule has 3 heteroatoms. The molecule has 0 atom stereocenters. The average molecular weight is 359 g/mol. The maximum atomic E-state index is 5.13. The molecule has 0 unspecified atom stereocenters. The number of rotatable bonds is 2. The molecule has 0 spiro atoms. The first-order valence-corrected chi connectivity index (χ1v) is 9.43. The molecule has 3 aromatic carbocycles. The van der Waals surface area contributed by atoms with E-state index < -0.39 is 0 Å². The number of hydrogen-bond donors (Lipinski definition) is 0. The van der Waals surface area contributed by atoms with Crippen LogP contribution in [-0.4, -0.2) is 14.0 Å². The molecule has 0 saturated carbocycles. The number of pyridine rings is 1. The lowest BCUT2D eigenvalue weighted by Crippen LogP contribution is -2.00. The summed E-state index contributed by atoms with van der Waals surface area (Å²) in [6, 6.07) is 33.7. The maximum Gasteiger partial charge on any atom is 0.220 e. The van der Waals surface area contributed by atoms with Gasteiger partial charge in [-0.2, -0.15) is 0 Å². The average Bonchev–Trinajstić information content (AvgIpc) is 3.30. The van der Waals surface area contributed by atoms with E-state index in [1.807, 2.05) is 6.07 Å². The third-order valence-corrected chi connectivity index (χ3v) is 5.36. The first kappa shape index (κ1) is 15.2. The fourth-order valence-corrected chi connectivity index (χ4v) is 4.13. The van der Waals surface area contributed by atoms with E-state index in [9.17, 15) is 0 Å². The topological polar surface area (TPSA) is 22.2 Å². The lowest BCUT2D eigenvalue weighted by atomic mass is 10.1.